The lowest BCUT2D eigenvalue weighted by Gasteiger charge is -1.94. The van der Waals surface area contributed by atoms with Crippen molar-refractivity contribution >= 4 is 0 Å². The summed E-state index contributed by atoms with van der Waals surface area (Å²) in [7, 11) is 0. The summed E-state index contributed by atoms with van der Waals surface area (Å²) in [6, 6.07) is 8.09. The van der Waals surface area contributed by atoms with E-state index in [0.29, 0.717) is 18.3 Å². The van der Waals surface area contributed by atoms with Gasteiger partial charge >= 0.3 is 0 Å². The molecule has 0 unspecified atom stereocenters. The van der Waals surface area contributed by atoms with Crippen LogP contribution in [0, 0.1) is 6.92 Å². The lowest BCUT2D eigenvalue weighted by Crippen LogP contribution is -1.99. The Hall–Kier alpha value is -1.68. The maximum absolute atomic E-state index is 5.44. The Bertz CT molecular complexity index is 462. The van der Waals surface area contributed by atoms with Crippen LogP contribution in [-0.4, -0.2) is 16.7 Å². The van der Waals surface area contributed by atoms with Gasteiger partial charge in [0.25, 0.3) is 0 Å². The van der Waals surface area contributed by atoms with Crippen LogP contribution in [-0.2, 0) is 6.42 Å². The second-order valence-corrected chi connectivity index (χ2v) is 4.12. The predicted molar refractivity (Wildman–Crippen MR) is 66.5 cm³/mol. The van der Waals surface area contributed by atoms with Crippen molar-refractivity contribution in [2.75, 3.05) is 6.54 Å². The normalized spacial score (nSPS) is 10.7. The highest BCUT2D eigenvalue weighted by atomic mass is 16.5. The highest BCUT2D eigenvalue weighted by Gasteiger charge is 2.07. The fourth-order valence-electron chi connectivity index (χ4n) is 1.60. The summed E-state index contributed by atoms with van der Waals surface area (Å²) in [5.41, 5.74) is 7.65. The van der Waals surface area contributed by atoms with Crippen molar-refractivity contribution in [3.8, 4) is 11.4 Å². The Morgan fingerprint density at radius 2 is 1.94 bits per heavy atom. The highest BCUT2D eigenvalue weighted by molar-refractivity contribution is 5.54. The summed E-state index contributed by atoms with van der Waals surface area (Å²) in [5.74, 6) is 1.35. The molecule has 0 bridgehead atoms. The van der Waals surface area contributed by atoms with Crippen molar-refractivity contribution in [3.05, 3.63) is 35.7 Å². The van der Waals surface area contributed by atoms with Crippen molar-refractivity contribution in [1.82, 2.24) is 10.1 Å². The minimum absolute atomic E-state index is 0.660. The van der Waals surface area contributed by atoms with Gasteiger partial charge in [0.1, 0.15) is 0 Å². The second kappa shape index (κ2) is 5.59. The van der Waals surface area contributed by atoms with Crippen LogP contribution in [0.3, 0.4) is 0 Å². The first-order valence-electron chi connectivity index (χ1n) is 5.89. The number of rotatable bonds is 5. The molecule has 0 fully saturated rings. The van der Waals surface area contributed by atoms with Gasteiger partial charge in [0.15, 0.2) is 0 Å². The summed E-state index contributed by atoms with van der Waals surface area (Å²) < 4.78 is 5.19. The van der Waals surface area contributed by atoms with Gasteiger partial charge in [-0.05, 0) is 26.3 Å². The molecular weight excluding hydrogens is 214 g/mol. The maximum atomic E-state index is 5.44. The molecule has 0 spiro atoms. The molecule has 90 valence electrons. The topological polar surface area (TPSA) is 64.9 Å². The molecule has 1 heterocycles. The molecule has 0 saturated carbocycles. The minimum Gasteiger partial charge on any atom is -0.339 e. The van der Waals surface area contributed by atoms with Crippen molar-refractivity contribution in [2.45, 2.75) is 26.2 Å². The lowest BCUT2D eigenvalue weighted by atomic mass is 10.1. The van der Waals surface area contributed by atoms with Crippen molar-refractivity contribution in [1.29, 1.82) is 0 Å². The van der Waals surface area contributed by atoms with Gasteiger partial charge in [-0.1, -0.05) is 35.0 Å². The van der Waals surface area contributed by atoms with Crippen LogP contribution in [0.1, 0.15) is 24.3 Å². The second-order valence-electron chi connectivity index (χ2n) is 4.12. The lowest BCUT2D eigenvalue weighted by molar-refractivity contribution is 0.375. The molecule has 1 aromatic carbocycles. The van der Waals surface area contributed by atoms with E-state index in [0.717, 1.165) is 24.8 Å². The summed E-state index contributed by atoms with van der Waals surface area (Å²) in [4.78, 5) is 4.36. The van der Waals surface area contributed by atoms with E-state index < -0.39 is 0 Å². The number of nitrogens with zero attached hydrogens (tertiary/aromatic N) is 2. The smallest absolute Gasteiger partial charge is 0.226 e. The third-order valence-electron chi connectivity index (χ3n) is 2.62. The fourth-order valence-corrected chi connectivity index (χ4v) is 1.60. The van der Waals surface area contributed by atoms with E-state index in [9.17, 15) is 0 Å². The third kappa shape index (κ3) is 3.14. The quantitative estimate of drug-likeness (QED) is 0.802. The molecule has 0 aliphatic carbocycles. The Balaban J connectivity index is 2.04. The van der Waals surface area contributed by atoms with E-state index in [1.807, 2.05) is 24.3 Å². The van der Waals surface area contributed by atoms with Crippen LogP contribution in [0.15, 0.2) is 28.8 Å². The van der Waals surface area contributed by atoms with E-state index in [1.165, 1.54) is 5.56 Å². The number of hydrogen-bond donors (Lipinski definition) is 1. The molecule has 4 nitrogen and oxygen atoms in total. The van der Waals surface area contributed by atoms with E-state index in [1.54, 1.807) is 0 Å². The van der Waals surface area contributed by atoms with Crippen LogP contribution in [0.4, 0.5) is 0 Å². The molecule has 4 heteroatoms. The van der Waals surface area contributed by atoms with Gasteiger partial charge in [0.2, 0.25) is 11.7 Å². The molecule has 0 aliphatic rings. The Labute approximate surface area is 101 Å². The number of aryl methyl sites for hydroxylation is 2. The summed E-state index contributed by atoms with van der Waals surface area (Å²) in [5, 5.41) is 3.98. The summed E-state index contributed by atoms with van der Waals surface area (Å²) in [6.07, 6.45) is 2.78. The van der Waals surface area contributed by atoms with Gasteiger partial charge in [-0.3, -0.25) is 0 Å². The maximum Gasteiger partial charge on any atom is 0.226 e. The SMILES string of the molecule is Cc1ccc(-c2noc(CCCCN)n2)cc1. The van der Waals surface area contributed by atoms with Crippen LogP contribution in [0.5, 0.6) is 0 Å². The van der Waals surface area contributed by atoms with Crippen molar-refractivity contribution < 1.29 is 4.52 Å². The monoisotopic (exact) mass is 231 g/mol. The van der Waals surface area contributed by atoms with Crippen LogP contribution in [0.25, 0.3) is 11.4 Å². The first-order valence-corrected chi connectivity index (χ1v) is 5.89. The Morgan fingerprint density at radius 1 is 1.18 bits per heavy atom. The van der Waals surface area contributed by atoms with Crippen LogP contribution >= 0.6 is 0 Å². The molecule has 0 radical (unpaired) electrons. The minimum atomic E-state index is 0.660. The first-order chi connectivity index (χ1) is 8.29. The molecule has 0 saturated heterocycles. The molecule has 0 aliphatic heterocycles. The molecule has 17 heavy (non-hydrogen) atoms. The summed E-state index contributed by atoms with van der Waals surface area (Å²) in [6.45, 7) is 2.76. The van der Waals surface area contributed by atoms with Crippen LogP contribution in [0.2, 0.25) is 0 Å². The molecule has 1 aromatic heterocycles. The average molecular weight is 231 g/mol. The van der Waals surface area contributed by atoms with E-state index in [4.69, 9.17) is 10.3 Å². The fraction of sp³-hybridized carbons (Fsp3) is 0.385. The molecule has 0 atom stereocenters. The van der Waals surface area contributed by atoms with Gasteiger partial charge in [0.05, 0.1) is 0 Å². The number of aromatic nitrogens is 2. The summed E-state index contributed by atoms with van der Waals surface area (Å²) >= 11 is 0. The predicted octanol–water partition coefficient (Wildman–Crippen LogP) is 2.33. The zero-order chi connectivity index (χ0) is 12.1. The van der Waals surface area contributed by atoms with Gasteiger partial charge in [0, 0.05) is 12.0 Å². The number of unbranched alkanes of at least 4 members (excludes halogenated alkanes) is 1. The number of benzene rings is 1. The standard InChI is InChI=1S/C13H17N3O/c1-10-5-7-11(8-6-10)13-15-12(17-16-13)4-2-3-9-14/h5-8H,2-4,9,14H2,1H3. The molecule has 2 rings (SSSR count). The van der Waals surface area contributed by atoms with Crippen LogP contribution < -0.4 is 5.73 Å². The molecule has 0 amide bonds. The first kappa shape index (κ1) is 11.8. The van der Waals surface area contributed by atoms with Gasteiger partial charge in [-0.15, -0.1) is 0 Å². The Morgan fingerprint density at radius 3 is 2.65 bits per heavy atom. The van der Waals surface area contributed by atoms with E-state index in [-0.39, 0.29) is 0 Å². The third-order valence-corrected chi connectivity index (χ3v) is 2.62. The highest BCUT2D eigenvalue weighted by Crippen LogP contribution is 2.16. The van der Waals surface area contributed by atoms with Crippen molar-refractivity contribution in [3.63, 3.8) is 0 Å². The van der Waals surface area contributed by atoms with E-state index >= 15 is 0 Å². The molecule has 2 aromatic rings. The Kier molecular flexibility index (Phi) is 3.88. The number of nitrogens with two attached hydrogens (primary N) is 1. The molecule has 2 N–H and O–H groups in total. The number of hydrogen-bond acceptors (Lipinski definition) is 4. The van der Waals surface area contributed by atoms with Gasteiger partial charge in [-0.25, -0.2) is 0 Å². The molecular formula is C13H17N3O. The van der Waals surface area contributed by atoms with Gasteiger partial charge in [-0.2, -0.15) is 4.98 Å². The van der Waals surface area contributed by atoms with Gasteiger partial charge < -0.3 is 10.3 Å². The van der Waals surface area contributed by atoms with Crippen molar-refractivity contribution in [2.24, 2.45) is 5.73 Å². The van der Waals surface area contributed by atoms with E-state index in [2.05, 4.69) is 17.1 Å². The zero-order valence-corrected chi connectivity index (χ0v) is 10.0. The zero-order valence-electron chi connectivity index (χ0n) is 10.0. The largest absolute Gasteiger partial charge is 0.339 e. The average Bonchev–Trinajstić information content (AvgIpc) is 2.79.